The van der Waals surface area contributed by atoms with E-state index in [9.17, 15) is 8.42 Å². The van der Waals surface area contributed by atoms with Crippen molar-refractivity contribution in [1.82, 2.24) is 4.72 Å². The van der Waals surface area contributed by atoms with Crippen LogP contribution in [0.25, 0.3) is 0 Å². The summed E-state index contributed by atoms with van der Waals surface area (Å²) in [5.41, 5.74) is 0. The van der Waals surface area contributed by atoms with Gasteiger partial charge in [-0.1, -0.05) is 18.5 Å². The average Bonchev–Trinajstić information content (AvgIpc) is 2.17. The van der Waals surface area contributed by atoms with Crippen LogP contribution in [0.2, 0.25) is 5.02 Å². The highest BCUT2D eigenvalue weighted by Crippen LogP contribution is 2.27. The lowest BCUT2D eigenvalue weighted by atomic mass is 10.3. The Morgan fingerprint density at radius 3 is 2.62 bits per heavy atom. The predicted molar refractivity (Wildman–Crippen MR) is 63.5 cm³/mol. The molecule has 0 aromatic heterocycles. The fraction of sp³-hybridized carbons (Fsp3) is 0.400. The third-order valence-electron chi connectivity index (χ3n) is 1.83. The van der Waals surface area contributed by atoms with Gasteiger partial charge >= 0.3 is 0 Å². The van der Waals surface area contributed by atoms with Crippen molar-refractivity contribution in [2.24, 2.45) is 0 Å². The number of hydrogen-bond acceptors (Lipinski definition) is 3. The highest BCUT2D eigenvalue weighted by molar-refractivity contribution is 7.89. The van der Waals surface area contributed by atoms with Crippen molar-refractivity contribution < 1.29 is 13.2 Å². The number of benzene rings is 1. The van der Waals surface area contributed by atoms with E-state index in [1.54, 1.807) is 13.8 Å². The van der Waals surface area contributed by atoms with E-state index in [1.165, 1.54) is 18.2 Å². The number of hydrogen-bond donors (Lipinski definition) is 1. The molecule has 0 heterocycles. The third-order valence-corrected chi connectivity index (χ3v) is 3.65. The summed E-state index contributed by atoms with van der Waals surface area (Å²) in [5.74, 6) is 0.274. The second-order valence-electron chi connectivity index (χ2n) is 3.03. The van der Waals surface area contributed by atoms with E-state index in [4.69, 9.17) is 16.3 Å². The zero-order valence-electron chi connectivity index (χ0n) is 9.16. The maximum Gasteiger partial charge on any atom is 0.244 e. The smallest absolute Gasteiger partial charge is 0.244 e. The molecule has 0 saturated carbocycles. The fourth-order valence-corrected chi connectivity index (χ4v) is 2.57. The van der Waals surface area contributed by atoms with Gasteiger partial charge in [0.15, 0.2) is 0 Å². The van der Waals surface area contributed by atoms with E-state index in [0.29, 0.717) is 18.2 Å². The Bertz CT molecular complexity index is 459. The highest BCUT2D eigenvalue weighted by Gasteiger charge is 2.18. The fourth-order valence-electron chi connectivity index (χ4n) is 1.24. The summed E-state index contributed by atoms with van der Waals surface area (Å²) < 4.78 is 31.3. The lowest BCUT2D eigenvalue weighted by Gasteiger charge is -2.11. The minimum absolute atomic E-state index is 0.112. The number of nitrogens with one attached hydrogen (secondary N) is 1. The predicted octanol–water partition coefficient (Wildman–Crippen LogP) is 2.04. The Morgan fingerprint density at radius 2 is 2.06 bits per heavy atom. The van der Waals surface area contributed by atoms with Crippen LogP contribution in [0.5, 0.6) is 5.75 Å². The molecule has 1 rings (SSSR count). The molecule has 16 heavy (non-hydrogen) atoms. The van der Waals surface area contributed by atoms with Gasteiger partial charge in [0.25, 0.3) is 0 Å². The van der Waals surface area contributed by atoms with Crippen LogP contribution in [0.15, 0.2) is 23.1 Å². The lowest BCUT2D eigenvalue weighted by Crippen LogP contribution is -2.23. The van der Waals surface area contributed by atoms with Gasteiger partial charge in [0.2, 0.25) is 10.0 Å². The summed E-state index contributed by atoms with van der Waals surface area (Å²) in [6.07, 6.45) is 0. The van der Waals surface area contributed by atoms with Crippen LogP contribution in [0.3, 0.4) is 0 Å². The quantitative estimate of drug-likeness (QED) is 0.884. The summed E-state index contributed by atoms with van der Waals surface area (Å²) in [4.78, 5) is 0.112. The normalized spacial score (nSPS) is 11.4. The summed E-state index contributed by atoms with van der Waals surface area (Å²) in [6, 6.07) is 4.45. The Labute approximate surface area is 101 Å². The molecular weight excluding hydrogens is 250 g/mol. The van der Waals surface area contributed by atoms with E-state index in [1.807, 2.05) is 0 Å². The molecule has 0 fully saturated rings. The highest BCUT2D eigenvalue weighted by atomic mass is 35.5. The second kappa shape index (κ2) is 5.52. The van der Waals surface area contributed by atoms with Gasteiger partial charge in [0.05, 0.1) is 6.61 Å². The summed E-state index contributed by atoms with van der Waals surface area (Å²) in [7, 11) is -3.51. The Hall–Kier alpha value is -0.780. The molecule has 0 spiro atoms. The van der Waals surface area contributed by atoms with Gasteiger partial charge in [-0.15, -0.1) is 0 Å². The van der Waals surface area contributed by atoms with Crippen LogP contribution in [-0.4, -0.2) is 21.6 Å². The molecular formula is C10H14ClNO3S. The Balaban J connectivity index is 3.22. The molecule has 1 N–H and O–H groups in total. The Kier molecular flexibility index (Phi) is 4.58. The van der Waals surface area contributed by atoms with Crippen molar-refractivity contribution in [1.29, 1.82) is 0 Å². The van der Waals surface area contributed by atoms with Crippen molar-refractivity contribution in [3.8, 4) is 5.75 Å². The van der Waals surface area contributed by atoms with Gasteiger partial charge in [-0.3, -0.25) is 0 Å². The monoisotopic (exact) mass is 263 g/mol. The number of halogens is 1. The minimum atomic E-state index is -3.51. The molecule has 0 atom stereocenters. The SMILES string of the molecule is CCNS(=O)(=O)c1ccc(Cl)cc1OCC. The molecule has 1 aromatic rings. The first-order valence-corrected chi connectivity index (χ1v) is 6.79. The molecule has 0 aliphatic carbocycles. The Morgan fingerprint density at radius 1 is 1.38 bits per heavy atom. The summed E-state index contributed by atoms with van der Waals surface area (Å²) in [6.45, 7) is 4.21. The molecule has 6 heteroatoms. The van der Waals surface area contributed by atoms with E-state index in [0.717, 1.165) is 0 Å². The van der Waals surface area contributed by atoms with E-state index < -0.39 is 10.0 Å². The third kappa shape index (κ3) is 3.10. The van der Waals surface area contributed by atoms with Gasteiger partial charge in [-0.2, -0.15) is 0 Å². The van der Waals surface area contributed by atoms with Crippen LogP contribution >= 0.6 is 11.6 Å². The van der Waals surface area contributed by atoms with E-state index in [-0.39, 0.29) is 10.6 Å². The molecule has 90 valence electrons. The van der Waals surface area contributed by atoms with Crippen molar-refractivity contribution in [2.45, 2.75) is 18.7 Å². The number of rotatable bonds is 5. The molecule has 0 amide bonds. The van der Waals surface area contributed by atoms with Gasteiger partial charge in [0.1, 0.15) is 10.6 Å². The van der Waals surface area contributed by atoms with Crippen molar-refractivity contribution >= 4 is 21.6 Å². The molecule has 0 radical (unpaired) electrons. The maximum atomic E-state index is 11.8. The second-order valence-corrected chi connectivity index (χ2v) is 5.20. The topological polar surface area (TPSA) is 55.4 Å². The van der Waals surface area contributed by atoms with Crippen LogP contribution in [-0.2, 0) is 10.0 Å². The largest absolute Gasteiger partial charge is 0.492 e. The first kappa shape index (κ1) is 13.3. The number of sulfonamides is 1. The van der Waals surface area contributed by atoms with Crippen LogP contribution in [0, 0.1) is 0 Å². The number of ether oxygens (including phenoxy) is 1. The maximum absolute atomic E-state index is 11.8. The van der Waals surface area contributed by atoms with E-state index in [2.05, 4.69) is 4.72 Å². The van der Waals surface area contributed by atoms with Crippen molar-refractivity contribution in [3.63, 3.8) is 0 Å². The summed E-state index contributed by atoms with van der Waals surface area (Å²) in [5, 5.41) is 0.443. The van der Waals surface area contributed by atoms with Gasteiger partial charge < -0.3 is 4.74 Å². The molecule has 0 bridgehead atoms. The molecule has 0 aliphatic rings. The molecule has 0 unspecified atom stereocenters. The lowest BCUT2D eigenvalue weighted by molar-refractivity contribution is 0.331. The zero-order valence-corrected chi connectivity index (χ0v) is 10.7. The summed E-state index contributed by atoms with van der Waals surface area (Å²) >= 11 is 5.78. The van der Waals surface area contributed by atoms with Gasteiger partial charge in [-0.05, 0) is 19.1 Å². The average molecular weight is 264 g/mol. The van der Waals surface area contributed by atoms with Crippen molar-refractivity contribution in [2.75, 3.05) is 13.2 Å². The molecule has 4 nitrogen and oxygen atoms in total. The first-order valence-electron chi connectivity index (χ1n) is 4.93. The van der Waals surface area contributed by atoms with Crippen LogP contribution < -0.4 is 9.46 Å². The minimum Gasteiger partial charge on any atom is -0.492 e. The first-order chi connectivity index (χ1) is 7.51. The molecule has 1 aromatic carbocycles. The van der Waals surface area contributed by atoms with Crippen LogP contribution in [0.4, 0.5) is 0 Å². The van der Waals surface area contributed by atoms with E-state index >= 15 is 0 Å². The van der Waals surface area contributed by atoms with Crippen molar-refractivity contribution in [3.05, 3.63) is 23.2 Å². The van der Waals surface area contributed by atoms with Crippen LogP contribution in [0.1, 0.15) is 13.8 Å². The molecule has 0 saturated heterocycles. The van der Waals surface area contributed by atoms with Gasteiger partial charge in [0, 0.05) is 17.6 Å². The zero-order chi connectivity index (χ0) is 12.2. The van der Waals surface area contributed by atoms with Gasteiger partial charge in [-0.25, -0.2) is 13.1 Å². The molecule has 0 aliphatic heterocycles. The standard InChI is InChI=1S/C10H14ClNO3S/c1-3-12-16(13,14)10-6-5-8(11)7-9(10)15-4-2/h5-7,12H,3-4H2,1-2H3.